The van der Waals surface area contributed by atoms with E-state index in [1.807, 2.05) is 18.2 Å². The summed E-state index contributed by atoms with van der Waals surface area (Å²) >= 11 is 0. The Hall–Kier alpha value is -1.03. The molecule has 0 aliphatic rings. The van der Waals surface area contributed by atoms with E-state index in [9.17, 15) is 13.2 Å². The monoisotopic (exact) mass is 287 g/mol. The van der Waals surface area contributed by atoms with E-state index in [1.54, 1.807) is 6.07 Å². The highest BCUT2D eigenvalue weighted by Crippen LogP contribution is 2.33. The van der Waals surface area contributed by atoms with Gasteiger partial charge >= 0.3 is 6.18 Å². The highest BCUT2D eigenvalue weighted by atomic mass is 19.4. The summed E-state index contributed by atoms with van der Waals surface area (Å²) in [4.78, 5) is 0. The lowest BCUT2D eigenvalue weighted by atomic mass is 9.81. The SMILES string of the molecule is CCC(C)(C)c1cccc(CC(CCN)C(F)(F)F)c1. The Morgan fingerprint density at radius 1 is 1.20 bits per heavy atom. The van der Waals surface area contributed by atoms with Crippen LogP contribution in [0.25, 0.3) is 0 Å². The minimum absolute atomic E-state index is 0.00827. The number of alkyl halides is 3. The standard InChI is InChI=1S/C16H24F3N/c1-4-15(2,3)13-7-5-6-12(10-13)11-14(8-9-20)16(17,18)19/h5-7,10,14H,4,8-9,11,20H2,1-3H3. The molecule has 0 radical (unpaired) electrons. The van der Waals surface area contributed by atoms with Crippen LogP contribution < -0.4 is 5.73 Å². The van der Waals surface area contributed by atoms with Gasteiger partial charge in [-0.25, -0.2) is 0 Å². The number of hydrogen-bond acceptors (Lipinski definition) is 1. The van der Waals surface area contributed by atoms with E-state index in [2.05, 4.69) is 20.8 Å². The maximum absolute atomic E-state index is 12.9. The van der Waals surface area contributed by atoms with Gasteiger partial charge in [0.25, 0.3) is 0 Å². The zero-order valence-corrected chi connectivity index (χ0v) is 12.4. The van der Waals surface area contributed by atoms with Crippen LogP contribution in [-0.4, -0.2) is 12.7 Å². The maximum atomic E-state index is 12.9. The first kappa shape index (κ1) is 17.0. The number of nitrogens with two attached hydrogens (primary N) is 1. The highest BCUT2D eigenvalue weighted by molar-refractivity contribution is 5.29. The average Bonchev–Trinajstić information content (AvgIpc) is 2.37. The topological polar surface area (TPSA) is 26.0 Å². The minimum Gasteiger partial charge on any atom is -0.330 e. The Morgan fingerprint density at radius 3 is 2.35 bits per heavy atom. The molecule has 0 saturated heterocycles. The van der Waals surface area contributed by atoms with Crippen LogP contribution in [0.3, 0.4) is 0 Å². The molecule has 114 valence electrons. The van der Waals surface area contributed by atoms with Crippen LogP contribution in [0.2, 0.25) is 0 Å². The Labute approximate surface area is 119 Å². The third kappa shape index (κ3) is 4.51. The molecule has 1 rings (SSSR count). The summed E-state index contributed by atoms with van der Waals surface area (Å²) in [5.74, 6) is -1.35. The first-order chi connectivity index (χ1) is 9.20. The molecule has 0 fully saturated rings. The number of benzene rings is 1. The number of hydrogen-bond donors (Lipinski definition) is 1. The predicted molar refractivity (Wildman–Crippen MR) is 76.7 cm³/mol. The molecule has 0 bridgehead atoms. The largest absolute Gasteiger partial charge is 0.392 e. The van der Waals surface area contributed by atoms with Crippen LogP contribution in [0.15, 0.2) is 24.3 Å². The second-order valence-corrected chi connectivity index (χ2v) is 5.96. The van der Waals surface area contributed by atoms with E-state index < -0.39 is 12.1 Å². The summed E-state index contributed by atoms with van der Waals surface area (Å²) in [5.41, 5.74) is 7.11. The molecule has 0 saturated carbocycles. The molecular weight excluding hydrogens is 263 g/mol. The van der Waals surface area contributed by atoms with Crippen LogP contribution in [0.5, 0.6) is 0 Å². The zero-order valence-electron chi connectivity index (χ0n) is 12.4. The summed E-state index contributed by atoms with van der Waals surface area (Å²) in [7, 11) is 0. The van der Waals surface area contributed by atoms with Gasteiger partial charge in [0, 0.05) is 0 Å². The molecule has 1 unspecified atom stereocenters. The van der Waals surface area contributed by atoms with Crippen molar-refractivity contribution < 1.29 is 13.2 Å². The van der Waals surface area contributed by atoms with Crippen LogP contribution in [-0.2, 0) is 11.8 Å². The van der Waals surface area contributed by atoms with Gasteiger partial charge in [0.05, 0.1) is 5.92 Å². The molecule has 0 heterocycles. The van der Waals surface area contributed by atoms with E-state index in [1.165, 1.54) is 0 Å². The van der Waals surface area contributed by atoms with Gasteiger partial charge in [0.1, 0.15) is 0 Å². The first-order valence-corrected chi connectivity index (χ1v) is 7.07. The Morgan fingerprint density at radius 2 is 1.85 bits per heavy atom. The fraction of sp³-hybridized carbons (Fsp3) is 0.625. The molecule has 0 amide bonds. The molecule has 4 heteroatoms. The summed E-state index contributed by atoms with van der Waals surface area (Å²) < 4.78 is 38.8. The van der Waals surface area contributed by atoms with Crippen LogP contribution in [0.4, 0.5) is 13.2 Å². The van der Waals surface area contributed by atoms with Gasteiger partial charge in [-0.3, -0.25) is 0 Å². The smallest absolute Gasteiger partial charge is 0.330 e. The van der Waals surface area contributed by atoms with Gasteiger partial charge in [-0.15, -0.1) is 0 Å². The summed E-state index contributed by atoms with van der Waals surface area (Å²) in [6, 6.07) is 7.50. The van der Waals surface area contributed by atoms with Crippen molar-refractivity contribution in [3.8, 4) is 0 Å². The molecule has 0 aliphatic heterocycles. The molecule has 1 aromatic rings. The van der Waals surface area contributed by atoms with Crippen LogP contribution in [0.1, 0.15) is 44.7 Å². The Bertz CT molecular complexity index is 424. The number of rotatable bonds is 6. The average molecular weight is 287 g/mol. The Balaban J connectivity index is 2.95. The van der Waals surface area contributed by atoms with Gasteiger partial charge in [-0.05, 0) is 42.3 Å². The van der Waals surface area contributed by atoms with Gasteiger partial charge in [-0.1, -0.05) is 45.0 Å². The molecule has 1 aromatic carbocycles. The molecule has 0 aliphatic carbocycles. The van der Waals surface area contributed by atoms with Gasteiger partial charge in [-0.2, -0.15) is 13.2 Å². The second-order valence-electron chi connectivity index (χ2n) is 5.96. The fourth-order valence-corrected chi connectivity index (χ4v) is 2.19. The van der Waals surface area contributed by atoms with E-state index in [-0.39, 0.29) is 24.8 Å². The molecule has 0 spiro atoms. The van der Waals surface area contributed by atoms with Crippen molar-refractivity contribution >= 4 is 0 Å². The molecule has 1 nitrogen and oxygen atoms in total. The molecule has 0 aromatic heterocycles. The van der Waals surface area contributed by atoms with Gasteiger partial charge < -0.3 is 5.73 Å². The quantitative estimate of drug-likeness (QED) is 0.822. The third-order valence-electron chi connectivity index (χ3n) is 4.05. The molecule has 1 atom stereocenters. The minimum atomic E-state index is -4.18. The molecular formula is C16H24F3N. The third-order valence-corrected chi connectivity index (χ3v) is 4.05. The lowest BCUT2D eigenvalue weighted by Gasteiger charge is -2.25. The van der Waals surface area contributed by atoms with Crippen molar-refractivity contribution in [1.82, 2.24) is 0 Å². The summed E-state index contributed by atoms with van der Waals surface area (Å²) in [6.07, 6.45) is -3.25. The number of halogens is 3. The summed E-state index contributed by atoms with van der Waals surface area (Å²) in [6.45, 7) is 6.35. The van der Waals surface area contributed by atoms with E-state index >= 15 is 0 Å². The van der Waals surface area contributed by atoms with Crippen molar-refractivity contribution in [1.29, 1.82) is 0 Å². The van der Waals surface area contributed by atoms with E-state index in [0.29, 0.717) is 0 Å². The normalized spacial score (nSPS) is 14.3. The van der Waals surface area contributed by atoms with Crippen molar-refractivity contribution in [3.05, 3.63) is 35.4 Å². The van der Waals surface area contributed by atoms with Crippen molar-refractivity contribution in [3.63, 3.8) is 0 Å². The Kier molecular flexibility index (Phi) is 5.63. The van der Waals surface area contributed by atoms with Crippen LogP contribution >= 0.6 is 0 Å². The van der Waals surface area contributed by atoms with E-state index in [4.69, 9.17) is 5.73 Å². The van der Waals surface area contributed by atoms with Crippen molar-refractivity contribution in [2.75, 3.05) is 6.54 Å². The van der Waals surface area contributed by atoms with Crippen molar-refractivity contribution in [2.45, 2.75) is 51.6 Å². The van der Waals surface area contributed by atoms with Crippen molar-refractivity contribution in [2.24, 2.45) is 11.7 Å². The lowest BCUT2D eigenvalue weighted by molar-refractivity contribution is -0.175. The molecule has 20 heavy (non-hydrogen) atoms. The van der Waals surface area contributed by atoms with Gasteiger partial charge in [0.2, 0.25) is 0 Å². The fourth-order valence-electron chi connectivity index (χ4n) is 2.19. The predicted octanol–water partition coefficient (Wildman–Crippen LogP) is 4.44. The summed E-state index contributed by atoms with van der Waals surface area (Å²) in [5, 5.41) is 0. The maximum Gasteiger partial charge on any atom is 0.392 e. The lowest BCUT2D eigenvalue weighted by Crippen LogP contribution is -2.27. The highest BCUT2D eigenvalue weighted by Gasteiger charge is 2.38. The molecule has 2 N–H and O–H groups in total. The van der Waals surface area contributed by atoms with Crippen LogP contribution in [0, 0.1) is 5.92 Å². The van der Waals surface area contributed by atoms with Gasteiger partial charge in [0.15, 0.2) is 0 Å². The van der Waals surface area contributed by atoms with E-state index in [0.717, 1.165) is 17.5 Å². The zero-order chi connectivity index (χ0) is 15.4. The second kappa shape index (κ2) is 6.61. The first-order valence-electron chi connectivity index (χ1n) is 7.07.